The first-order valence-electron chi connectivity index (χ1n) is 6.75. The van der Waals surface area contributed by atoms with Crippen LogP contribution in [-0.2, 0) is 11.3 Å². The molecule has 1 amide bonds. The van der Waals surface area contributed by atoms with Crippen molar-refractivity contribution in [1.82, 2.24) is 4.98 Å². The first kappa shape index (κ1) is 16.2. The lowest BCUT2D eigenvalue weighted by molar-refractivity contribution is 0.0636. The molecule has 0 unspecified atom stereocenters. The Hall–Kier alpha value is -2.15. The topological polar surface area (TPSA) is 63.2 Å². The molecule has 7 heteroatoms. The summed E-state index contributed by atoms with van der Waals surface area (Å²) >= 11 is 1.49. The van der Waals surface area contributed by atoms with Crippen molar-refractivity contribution in [3.63, 3.8) is 0 Å². The van der Waals surface area contributed by atoms with E-state index >= 15 is 0 Å². The van der Waals surface area contributed by atoms with Gasteiger partial charge in [0, 0.05) is 11.6 Å². The minimum Gasteiger partial charge on any atom is -0.444 e. The second-order valence-electron chi connectivity index (χ2n) is 5.60. The van der Waals surface area contributed by atoms with Crippen LogP contribution in [0.2, 0.25) is 0 Å². The summed E-state index contributed by atoms with van der Waals surface area (Å²) in [5.41, 5.74) is 0.326. The lowest BCUT2D eigenvalue weighted by Gasteiger charge is -2.20. The maximum Gasteiger partial charge on any atom is 0.412 e. The number of halogens is 1. The Balaban J connectivity index is 2.08. The molecule has 1 aromatic heterocycles. The zero-order valence-corrected chi connectivity index (χ0v) is 13.5. The Kier molecular flexibility index (Phi) is 4.97. The molecule has 1 heterocycles. The number of benzene rings is 1. The van der Waals surface area contributed by atoms with E-state index in [-0.39, 0.29) is 0 Å². The number of carbonyl (C=O) groups excluding carboxylic acids is 1. The van der Waals surface area contributed by atoms with Gasteiger partial charge in [-0.25, -0.2) is 14.2 Å². The fourth-order valence-electron chi connectivity index (χ4n) is 1.70. The average molecular weight is 323 g/mol. The summed E-state index contributed by atoms with van der Waals surface area (Å²) in [5.74, 6) is -0.392. The predicted octanol–water partition coefficient (Wildman–Crippen LogP) is 4.24. The van der Waals surface area contributed by atoms with Crippen LogP contribution in [0.1, 0.15) is 25.8 Å². The van der Waals surface area contributed by atoms with Crippen LogP contribution in [0.15, 0.2) is 29.8 Å². The number of anilines is 2. The van der Waals surface area contributed by atoms with E-state index in [4.69, 9.17) is 4.74 Å². The van der Waals surface area contributed by atoms with Crippen LogP contribution in [0.5, 0.6) is 0 Å². The number of carbonyl (C=O) groups is 1. The van der Waals surface area contributed by atoms with Crippen molar-refractivity contribution in [2.75, 3.05) is 10.6 Å². The molecule has 0 spiro atoms. The summed E-state index contributed by atoms with van der Waals surface area (Å²) in [6.45, 7) is 5.78. The number of hydrogen-bond acceptors (Lipinski definition) is 5. The Labute approximate surface area is 132 Å². The minimum absolute atomic E-state index is 0.392. The van der Waals surface area contributed by atoms with Gasteiger partial charge in [-0.15, -0.1) is 11.3 Å². The molecular weight excluding hydrogens is 305 g/mol. The van der Waals surface area contributed by atoms with Gasteiger partial charge in [-0.05, 0) is 39.0 Å². The quantitative estimate of drug-likeness (QED) is 0.883. The van der Waals surface area contributed by atoms with Gasteiger partial charge in [-0.3, -0.25) is 5.32 Å². The molecule has 0 aliphatic carbocycles. The van der Waals surface area contributed by atoms with Crippen LogP contribution >= 0.6 is 11.3 Å². The van der Waals surface area contributed by atoms with Crippen LogP contribution in [0, 0.1) is 5.82 Å². The third-order valence-corrected chi connectivity index (χ3v) is 3.31. The summed E-state index contributed by atoms with van der Waals surface area (Å²) < 4.78 is 18.6. The normalized spacial score (nSPS) is 11.1. The molecule has 2 N–H and O–H groups in total. The third kappa shape index (κ3) is 5.00. The molecule has 0 radical (unpaired) electrons. The van der Waals surface area contributed by atoms with Crippen molar-refractivity contribution in [2.24, 2.45) is 0 Å². The number of rotatable bonds is 4. The van der Waals surface area contributed by atoms with Crippen molar-refractivity contribution in [2.45, 2.75) is 32.9 Å². The summed E-state index contributed by atoms with van der Waals surface area (Å²) in [4.78, 5) is 16.0. The highest BCUT2D eigenvalue weighted by molar-refractivity contribution is 7.09. The third-order valence-electron chi connectivity index (χ3n) is 2.53. The van der Waals surface area contributed by atoms with Crippen molar-refractivity contribution in [3.05, 3.63) is 40.6 Å². The molecule has 0 atom stereocenters. The van der Waals surface area contributed by atoms with Gasteiger partial charge in [0.05, 0.1) is 17.9 Å². The highest BCUT2D eigenvalue weighted by Gasteiger charge is 2.17. The molecule has 0 saturated heterocycles. The standard InChI is InChI=1S/C15H18FN3O2S/c1-15(2,3)21-14(20)19-11-5-4-10(16)8-12(11)18-9-13-17-6-7-22-13/h4-8,18H,9H2,1-3H3,(H,19,20). The lowest BCUT2D eigenvalue weighted by Crippen LogP contribution is -2.27. The number of hydrogen-bond donors (Lipinski definition) is 2. The van der Waals surface area contributed by atoms with E-state index < -0.39 is 17.5 Å². The highest BCUT2D eigenvalue weighted by atomic mass is 32.1. The molecule has 1 aromatic carbocycles. The number of ether oxygens (including phenoxy) is 1. The van der Waals surface area contributed by atoms with Gasteiger partial charge >= 0.3 is 6.09 Å². The fraction of sp³-hybridized carbons (Fsp3) is 0.333. The lowest BCUT2D eigenvalue weighted by atomic mass is 10.2. The van der Waals surface area contributed by atoms with E-state index in [9.17, 15) is 9.18 Å². The Bertz CT molecular complexity index is 639. The number of aromatic nitrogens is 1. The number of nitrogens with one attached hydrogen (secondary N) is 2. The summed E-state index contributed by atoms with van der Waals surface area (Å²) in [6.07, 6.45) is 1.11. The molecule has 0 bridgehead atoms. The molecule has 2 rings (SSSR count). The number of nitrogens with zero attached hydrogens (tertiary/aromatic N) is 1. The second kappa shape index (κ2) is 6.74. The molecule has 0 aliphatic rings. The molecule has 0 aliphatic heterocycles. The Morgan fingerprint density at radius 1 is 1.36 bits per heavy atom. The van der Waals surface area contributed by atoms with Crippen LogP contribution in [0.25, 0.3) is 0 Å². The molecule has 22 heavy (non-hydrogen) atoms. The smallest absolute Gasteiger partial charge is 0.412 e. The van der Waals surface area contributed by atoms with Crippen molar-refractivity contribution < 1.29 is 13.9 Å². The maximum atomic E-state index is 13.4. The summed E-state index contributed by atoms with van der Waals surface area (Å²) in [7, 11) is 0. The Morgan fingerprint density at radius 3 is 2.77 bits per heavy atom. The predicted molar refractivity (Wildman–Crippen MR) is 85.7 cm³/mol. The van der Waals surface area contributed by atoms with Crippen LogP contribution in [0.3, 0.4) is 0 Å². The van der Waals surface area contributed by atoms with E-state index in [1.54, 1.807) is 27.0 Å². The average Bonchev–Trinajstić information content (AvgIpc) is 2.90. The van der Waals surface area contributed by atoms with E-state index in [1.807, 2.05) is 5.38 Å². The van der Waals surface area contributed by atoms with Gasteiger partial charge in [0.25, 0.3) is 0 Å². The monoisotopic (exact) mass is 323 g/mol. The van der Waals surface area contributed by atoms with Gasteiger partial charge in [-0.2, -0.15) is 0 Å². The molecule has 2 aromatic rings. The molecule has 5 nitrogen and oxygen atoms in total. The fourth-order valence-corrected chi connectivity index (χ4v) is 2.25. The Morgan fingerprint density at radius 2 is 2.14 bits per heavy atom. The zero-order chi connectivity index (χ0) is 16.2. The molecular formula is C15H18FN3O2S. The first-order chi connectivity index (χ1) is 10.3. The van der Waals surface area contributed by atoms with E-state index in [2.05, 4.69) is 15.6 Å². The zero-order valence-electron chi connectivity index (χ0n) is 12.6. The van der Waals surface area contributed by atoms with E-state index in [1.165, 1.54) is 29.5 Å². The minimum atomic E-state index is -0.599. The molecule has 118 valence electrons. The van der Waals surface area contributed by atoms with E-state index in [0.717, 1.165) is 5.01 Å². The highest BCUT2D eigenvalue weighted by Crippen LogP contribution is 2.24. The molecule has 0 saturated carbocycles. The second-order valence-corrected chi connectivity index (χ2v) is 6.58. The van der Waals surface area contributed by atoms with E-state index in [0.29, 0.717) is 17.9 Å². The van der Waals surface area contributed by atoms with Crippen molar-refractivity contribution in [1.29, 1.82) is 0 Å². The van der Waals surface area contributed by atoms with Crippen LogP contribution < -0.4 is 10.6 Å². The van der Waals surface area contributed by atoms with Gasteiger partial charge in [-0.1, -0.05) is 0 Å². The SMILES string of the molecule is CC(C)(C)OC(=O)Nc1ccc(F)cc1NCc1nccs1. The summed E-state index contributed by atoms with van der Waals surface area (Å²) in [5, 5.41) is 8.41. The van der Waals surface area contributed by atoms with Gasteiger partial charge < -0.3 is 10.1 Å². The number of amides is 1. The summed E-state index contributed by atoms with van der Waals surface area (Å²) in [6, 6.07) is 4.09. The van der Waals surface area contributed by atoms with Crippen molar-refractivity contribution in [3.8, 4) is 0 Å². The first-order valence-corrected chi connectivity index (χ1v) is 7.63. The van der Waals surface area contributed by atoms with Crippen LogP contribution in [-0.4, -0.2) is 16.7 Å². The largest absolute Gasteiger partial charge is 0.444 e. The van der Waals surface area contributed by atoms with Gasteiger partial charge in [0.2, 0.25) is 0 Å². The molecule has 0 fully saturated rings. The van der Waals surface area contributed by atoms with Gasteiger partial charge in [0.15, 0.2) is 0 Å². The maximum absolute atomic E-state index is 13.4. The number of thiazole rings is 1. The van der Waals surface area contributed by atoms with Crippen molar-refractivity contribution >= 4 is 28.8 Å². The van der Waals surface area contributed by atoms with Gasteiger partial charge in [0.1, 0.15) is 16.4 Å². The van der Waals surface area contributed by atoms with Crippen LogP contribution in [0.4, 0.5) is 20.6 Å².